The van der Waals surface area contributed by atoms with Crippen LogP contribution in [0.5, 0.6) is 5.75 Å². The van der Waals surface area contributed by atoms with Gasteiger partial charge >= 0.3 is 5.97 Å². The van der Waals surface area contributed by atoms with E-state index >= 15 is 0 Å². The first-order valence-electron chi connectivity index (χ1n) is 9.68. The number of ketones is 1. The van der Waals surface area contributed by atoms with E-state index in [1.807, 2.05) is 24.3 Å². The van der Waals surface area contributed by atoms with Crippen molar-refractivity contribution in [3.63, 3.8) is 0 Å². The second-order valence-electron chi connectivity index (χ2n) is 6.76. The molecule has 0 unspecified atom stereocenters. The van der Waals surface area contributed by atoms with Crippen LogP contribution >= 0.6 is 11.6 Å². The number of phenolic OH excluding ortho intramolecular Hbond substituents is 1. The summed E-state index contributed by atoms with van der Waals surface area (Å²) < 4.78 is 0. The Kier molecular flexibility index (Phi) is 8.63. The number of aliphatic carboxylic acids is 1. The number of benzene rings is 2. The molecule has 0 fully saturated rings. The maximum absolute atomic E-state index is 12.1. The van der Waals surface area contributed by atoms with E-state index in [-0.39, 0.29) is 17.1 Å². The molecule has 2 aromatic rings. The number of carbonyl (C=O) groups excluding carboxylic acids is 1. The fraction of sp³-hybridized carbons (Fsp3) is 0.200. The van der Waals surface area contributed by atoms with Crippen molar-refractivity contribution in [2.75, 3.05) is 0 Å². The predicted molar refractivity (Wildman–Crippen MR) is 121 cm³/mol. The molecule has 0 spiro atoms. The van der Waals surface area contributed by atoms with E-state index in [4.69, 9.17) is 11.6 Å². The molecule has 0 aliphatic heterocycles. The van der Waals surface area contributed by atoms with E-state index in [1.54, 1.807) is 44.2 Å². The Morgan fingerprint density at radius 2 is 1.73 bits per heavy atom. The highest BCUT2D eigenvalue weighted by atomic mass is 35.5. The maximum Gasteiger partial charge on any atom is 0.335 e. The summed E-state index contributed by atoms with van der Waals surface area (Å²) in [5.74, 6) is -0.853. The van der Waals surface area contributed by atoms with Crippen LogP contribution in [0, 0.1) is 0 Å². The molecule has 2 rings (SSSR count). The average molecular weight is 425 g/mol. The minimum atomic E-state index is -0.970. The molecule has 0 aliphatic rings. The number of halogens is 1. The lowest BCUT2D eigenvalue weighted by molar-refractivity contribution is -0.132. The molecule has 0 bridgehead atoms. The number of carboxylic acids is 1. The third-order valence-electron chi connectivity index (χ3n) is 4.73. The number of hydrogen-bond donors (Lipinski definition) is 2. The zero-order valence-corrected chi connectivity index (χ0v) is 17.8. The molecule has 0 amide bonds. The standard InChI is InChI=1S/C25H25ClO4/c1-3-18(22(4-2)25(29)30)6-5-7-20(27)13-10-17-8-11-19(12-9-17)23-15-14-21(28)16-24(23)26/h3-5,7-9,11-12,14-16,28H,6,10,13H2,1-2H3,(H,29,30)/b7-5+,18-3-,22-4+. The fourth-order valence-electron chi connectivity index (χ4n) is 3.09. The molecule has 156 valence electrons. The van der Waals surface area contributed by atoms with Gasteiger partial charge in [0.05, 0.1) is 10.6 Å². The van der Waals surface area contributed by atoms with Gasteiger partial charge in [-0.05, 0) is 67.7 Å². The van der Waals surface area contributed by atoms with Gasteiger partial charge in [0.2, 0.25) is 0 Å². The number of allylic oxidation sites excluding steroid dienone is 4. The van der Waals surface area contributed by atoms with Crippen molar-refractivity contribution < 1.29 is 19.8 Å². The van der Waals surface area contributed by atoms with Crippen LogP contribution in [0.25, 0.3) is 11.1 Å². The lowest BCUT2D eigenvalue weighted by Crippen LogP contribution is -2.03. The molecule has 0 heterocycles. The minimum Gasteiger partial charge on any atom is -0.508 e. The molecule has 2 aromatic carbocycles. The van der Waals surface area contributed by atoms with E-state index in [1.165, 1.54) is 12.1 Å². The first-order valence-corrected chi connectivity index (χ1v) is 10.1. The molecule has 0 saturated carbocycles. The first kappa shape index (κ1) is 23.2. The van der Waals surface area contributed by atoms with Crippen molar-refractivity contribution in [1.29, 1.82) is 0 Å². The van der Waals surface area contributed by atoms with Gasteiger partial charge in [0.25, 0.3) is 0 Å². The average Bonchev–Trinajstić information content (AvgIpc) is 2.72. The van der Waals surface area contributed by atoms with Crippen LogP contribution in [0.3, 0.4) is 0 Å². The summed E-state index contributed by atoms with van der Waals surface area (Å²) in [5.41, 5.74) is 3.74. The molecule has 30 heavy (non-hydrogen) atoms. The zero-order chi connectivity index (χ0) is 22.1. The second-order valence-corrected chi connectivity index (χ2v) is 7.16. The van der Waals surface area contributed by atoms with Gasteiger partial charge in [-0.25, -0.2) is 4.79 Å². The Balaban J connectivity index is 1.92. The normalized spacial score (nSPS) is 12.4. The molecule has 5 heteroatoms. The smallest absolute Gasteiger partial charge is 0.335 e. The van der Waals surface area contributed by atoms with Gasteiger partial charge in [-0.15, -0.1) is 0 Å². The molecule has 2 N–H and O–H groups in total. The van der Waals surface area contributed by atoms with E-state index in [0.717, 1.165) is 16.7 Å². The maximum atomic E-state index is 12.1. The number of aryl methyl sites for hydroxylation is 1. The Hall–Kier alpha value is -3.11. The number of hydrogen-bond acceptors (Lipinski definition) is 3. The van der Waals surface area contributed by atoms with Gasteiger partial charge in [-0.1, -0.05) is 54.1 Å². The molecule has 0 radical (unpaired) electrons. The summed E-state index contributed by atoms with van der Waals surface area (Å²) in [4.78, 5) is 23.4. The highest BCUT2D eigenvalue weighted by Crippen LogP contribution is 2.31. The topological polar surface area (TPSA) is 74.6 Å². The highest BCUT2D eigenvalue weighted by Gasteiger charge is 2.10. The Morgan fingerprint density at radius 3 is 2.30 bits per heavy atom. The minimum absolute atomic E-state index is 0.00605. The van der Waals surface area contributed by atoms with E-state index in [2.05, 4.69) is 0 Å². The Bertz CT molecular complexity index is 998. The molecule has 0 aromatic heterocycles. The number of rotatable bonds is 9. The number of carbonyl (C=O) groups is 2. The van der Waals surface area contributed by atoms with Crippen molar-refractivity contribution in [1.82, 2.24) is 0 Å². The lowest BCUT2D eigenvalue weighted by Gasteiger charge is -2.07. The Labute approximate surface area is 181 Å². The molecule has 4 nitrogen and oxygen atoms in total. The van der Waals surface area contributed by atoms with Crippen LogP contribution in [0.2, 0.25) is 5.02 Å². The van der Waals surface area contributed by atoms with Gasteiger partial charge < -0.3 is 10.2 Å². The summed E-state index contributed by atoms with van der Waals surface area (Å²) in [6, 6.07) is 12.7. The fourth-order valence-corrected chi connectivity index (χ4v) is 3.37. The van der Waals surface area contributed by atoms with Crippen LogP contribution in [0.4, 0.5) is 0 Å². The highest BCUT2D eigenvalue weighted by molar-refractivity contribution is 6.33. The molecule has 0 aliphatic carbocycles. The lowest BCUT2D eigenvalue weighted by atomic mass is 10.0. The molecule has 0 saturated heterocycles. The Morgan fingerprint density at radius 1 is 1.03 bits per heavy atom. The predicted octanol–water partition coefficient (Wildman–Crippen LogP) is 6.14. The summed E-state index contributed by atoms with van der Waals surface area (Å²) in [6.45, 7) is 3.47. The summed E-state index contributed by atoms with van der Waals surface area (Å²) in [5, 5.41) is 19.1. The van der Waals surface area contributed by atoms with Crippen molar-refractivity contribution in [2.24, 2.45) is 0 Å². The summed E-state index contributed by atoms with van der Waals surface area (Å²) >= 11 is 6.18. The van der Waals surface area contributed by atoms with Crippen LogP contribution < -0.4 is 0 Å². The zero-order valence-electron chi connectivity index (χ0n) is 17.1. The summed E-state index contributed by atoms with van der Waals surface area (Å²) in [7, 11) is 0. The van der Waals surface area contributed by atoms with E-state index in [9.17, 15) is 19.8 Å². The third-order valence-corrected chi connectivity index (χ3v) is 5.05. The first-order chi connectivity index (χ1) is 14.3. The monoisotopic (exact) mass is 424 g/mol. The molecular weight excluding hydrogens is 400 g/mol. The molecule has 0 atom stereocenters. The second kappa shape index (κ2) is 11.2. The molecular formula is C25H25ClO4. The van der Waals surface area contributed by atoms with Crippen molar-refractivity contribution in [2.45, 2.75) is 33.1 Å². The van der Waals surface area contributed by atoms with E-state index < -0.39 is 5.97 Å². The van der Waals surface area contributed by atoms with Crippen LogP contribution in [-0.2, 0) is 16.0 Å². The van der Waals surface area contributed by atoms with Gasteiger partial charge in [-0.3, -0.25) is 4.79 Å². The van der Waals surface area contributed by atoms with Gasteiger partial charge in [0.15, 0.2) is 5.78 Å². The van der Waals surface area contributed by atoms with Crippen LogP contribution in [-0.4, -0.2) is 22.0 Å². The van der Waals surface area contributed by atoms with Crippen molar-refractivity contribution in [3.8, 4) is 16.9 Å². The van der Waals surface area contributed by atoms with Gasteiger partial charge in [0.1, 0.15) is 5.75 Å². The van der Waals surface area contributed by atoms with Crippen LogP contribution in [0.1, 0.15) is 32.3 Å². The van der Waals surface area contributed by atoms with Gasteiger partial charge in [-0.2, -0.15) is 0 Å². The number of phenols is 1. The third kappa shape index (κ3) is 6.46. The van der Waals surface area contributed by atoms with Crippen molar-refractivity contribution in [3.05, 3.63) is 88.5 Å². The van der Waals surface area contributed by atoms with Crippen molar-refractivity contribution >= 4 is 23.4 Å². The van der Waals surface area contributed by atoms with Gasteiger partial charge in [0, 0.05) is 12.0 Å². The van der Waals surface area contributed by atoms with Crippen LogP contribution in [0.15, 0.2) is 77.9 Å². The number of aromatic hydroxyl groups is 1. The van der Waals surface area contributed by atoms with E-state index in [0.29, 0.717) is 29.9 Å². The summed E-state index contributed by atoms with van der Waals surface area (Å²) in [6.07, 6.45) is 7.91. The number of carboxylic acid groups (broad SMARTS) is 1. The SMILES string of the molecule is C/C=C(C/C=C/C(=O)CCc1ccc(-c2ccc(O)cc2Cl)cc1)\C(=C/C)C(=O)O. The quantitative estimate of drug-likeness (QED) is 0.374. The largest absolute Gasteiger partial charge is 0.508 e.